The van der Waals surface area contributed by atoms with E-state index in [0.29, 0.717) is 6.42 Å². The van der Waals surface area contributed by atoms with Gasteiger partial charge in [-0.2, -0.15) is 8.78 Å². The van der Waals surface area contributed by atoms with Gasteiger partial charge in [-0.3, -0.25) is 4.79 Å². The maximum absolute atomic E-state index is 13.8. The lowest BCUT2D eigenvalue weighted by Gasteiger charge is -2.20. The Labute approximate surface area is 128 Å². The van der Waals surface area contributed by atoms with Crippen molar-refractivity contribution in [1.82, 2.24) is 0 Å². The van der Waals surface area contributed by atoms with Crippen LogP contribution in [0.1, 0.15) is 39.7 Å². The third-order valence-corrected chi connectivity index (χ3v) is 3.40. The first kappa shape index (κ1) is 18.1. The average Bonchev–Trinajstić information content (AvgIpc) is 2.48. The fourth-order valence-electron chi connectivity index (χ4n) is 1.46. The van der Waals surface area contributed by atoms with Crippen LogP contribution in [0.2, 0.25) is 0 Å². The number of carbonyl (C=O) groups excluding carboxylic acids is 2. The monoisotopic (exact) mass is 314 g/mol. The highest BCUT2D eigenvalue weighted by atomic mass is 19.3. The van der Waals surface area contributed by atoms with Crippen molar-refractivity contribution in [2.24, 2.45) is 5.41 Å². The molecule has 22 heavy (non-hydrogen) atoms. The first-order chi connectivity index (χ1) is 10.1. The first-order valence-corrected chi connectivity index (χ1v) is 7.03. The smallest absolute Gasteiger partial charge is 0.381 e. The van der Waals surface area contributed by atoms with E-state index in [1.165, 1.54) is 19.1 Å². The lowest BCUT2D eigenvalue weighted by molar-refractivity contribution is -0.173. The summed E-state index contributed by atoms with van der Waals surface area (Å²) in [6.07, 6.45) is 0.588. The Bertz CT molecular complexity index is 536. The highest BCUT2D eigenvalue weighted by molar-refractivity contribution is 5.80. The summed E-state index contributed by atoms with van der Waals surface area (Å²) in [5, 5.41) is 0. The van der Waals surface area contributed by atoms with E-state index in [9.17, 15) is 18.4 Å². The van der Waals surface area contributed by atoms with Crippen LogP contribution in [0.4, 0.5) is 8.78 Å². The Morgan fingerprint density at radius 3 is 2.05 bits per heavy atom. The zero-order chi connectivity index (χ0) is 17.0. The van der Waals surface area contributed by atoms with Gasteiger partial charge in [0.1, 0.15) is 5.75 Å². The van der Waals surface area contributed by atoms with Crippen LogP contribution in [0.3, 0.4) is 0 Å². The average molecular weight is 314 g/mol. The normalized spacial score (nSPS) is 11.9. The first-order valence-electron chi connectivity index (χ1n) is 7.03. The molecule has 1 aromatic carbocycles. The molecule has 0 aromatic heterocycles. The Morgan fingerprint density at radius 1 is 1.05 bits per heavy atom. The summed E-state index contributed by atoms with van der Waals surface area (Å²) in [5.74, 6) is -5.64. The van der Waals surface area contributed by atoms with E-state index in [1.807, 2.05) is 6.92 Å². The minimum Gasteiger partial charge on any atom is -0.461 e. The Kier molecular flexibility index (Phi) is 5.63. The Hall–Kier alpha value is -1.98. The number of rotatable bonds is 6. The van der Waals surface area contributed by atoms with Gasteiger partial charge in [-0.25, -0.2) is 4.79 Å². The van der Waals surface area contributed by atoms with Gasteiger partial charge in [0.05, 0.1) is 12.0 Å². The van der Waals surface area contributed by atoms with Crippen LogP contribution < -0.4 is 4.74 Å². The van der Waals surface area contributed by atoms with Crippen LogP contribution in [0.5, 0.6) is 5.75 Å². The molecular formula is C16H20F2O4. The van der Waals surface area contributed by atoms with Gasteiger partial charge in [-0.05, 0) is 51.5 Å². The quantitative estimate of drug-likeness (QED) is 0.593. The van der Waals surface area contributed by atoms with Crippen molar-refractivity contribution < 1.29 is 27.8 Å². The summed E-state index contributed by atoms with van der Waals surface area (Å²) >= 11 is 0. The third-order valence-electron chi connectivity index (χ3n) is 3.40. The van der Waals surface area contributed by atoms with Crippen LogP contribution in [0.15, 0.2) is 24.3 Å². The molecule has 0 radical (unpaired) electrons. The SMILES string of the molecule is CCOC(=O)C(F)(F)c1ccc(OC(=O)C(C)(C)CC)cc1. The molecule has 0 unspecified atom stereocenters. The molecule has 122 valence electrons. The van der Waals surface area contributed by atoms with Gasteiger partial charge in [-0.1, -0.05) is 6.92 Å². The number of ether oxygens (including phenoxy) is 2. The van der Waals surface area contributed by atoms with Crippen molar-refractivity contribution in [2.45, 2.75) is 40.0 Å². The molecule has 0 N–H and O–H groups in total. The molecule has 0 saturated carbocycles. The molecule has 0 heterocycles. The number of halogens is 2. The minimum absolute atomic E-state index is 0.129. The molecule has 0 aliphatic rings. The topological polar surface area (TPSA) is 52.6 Å². The lowest BCUT2D eigenvalue weighted by Crippen LogP contribution is -2.29. The number of carbonyl (C=O) groups is 2. The molecule has 0 atom stereocenters. The number of hydrogen-bond acceptors (Lipinski definition) is 4. The molecule has 0 spiro atoms. The van der Waals surface area contributed by atoms with E-state index < -0.39 is 28.8 Å². The number of esters is 2. The number of benzene rings is 1. The molecule has 0 bridgehead atoms. The van der Waals surface area contributed by atoms with Gasteiger partial charge in [0.25, 0.3) is 0 Å². The van der Waals surface area contributed by atoms with Crippen molar-refractivity contribution in [3.05, 3.63) is 29.8 Å². The van der Waals surface area contributed by atoms with Crippen molar-refractivity contribution in [1.29, 1.82) is 0 Å². The molecule has 1 rings (SSSR count). The second-order valence-electron chi connectivity index (χ2n) is 5.45. The molecule has 0 fully saturated rings. The van der Waals surface area contributed by atoms with E-state index >= 15 is 0 Å². The third kappa shape index (κ3) is 4.02. The van der Waals surface area contributed by atoms with E-state index in [2.05, 4.69) is 4.74 Å². The van der Waals surface area contributed by atoms with Crippen LogP contribution in [0.25, 0.3) is 0 Å². The van der Waals surface area contributed by atoms with Crippen LogP contribution in [0, 0.1) is 5.41 Å². The fourth-order valence-corrected chi connectivity index (χ4v) is 1.46. The highest BCUT2D eigenvalue weighted by Gasteiger charge is 2.42. The van der Waals surface area contributed by atoms with Crippen LogP contribution in [-0.2, 0) is 20.2 Å². The molecule has 0 aliphatic heterocycles. The van der Waals surface area contributed by atoms with E-state index in [-0.39, 0.29) is 12.4 Å². The van der Waals surface area contributed by atoms with Gasteiger partial charge < -0.3 is 9.47 Å². The van der Waals surface area contributed by atoms with Crippen LogP contribution in [-0.4, -0.2) is 18.5 Å². The summed E-state index contributed by atoms with van der Waals surface area (Å²) in [4.78, 5) is 23.1. The van der Waals surface area contributed by atoms with Gasteiger partial charge in [0.15, 0.2) is 0 Å². The molecule has 6 heteroatoms. The minimum atomic E-state index is -3.73. The molecule has 1 aromatic rings. The maximum Gasteiger partial charge on any atom is 0.381 e. The van der Waals surface area contributed by atoms with Gasteiger partial charge in [0.2, 0.25) is 0 Å². The van der Waals surface area contributed by atoms with E-state index in [0.717, 1.165) is 12.1 Å². The standard InChI is InChI=1S/C16H20F2O4/c1-5-15(3,4)13(19)22-12-9-7-11(8-10-12)16(17,18)14(20)21-6-2/h7-10H,5-6H2,1-4H3. The van der Waals surface area contributed by atoms with Crippen molar-refractivity contribution >= 4 is 11.9 Å². The largest absolute Gasteiger partial charge is 0.461 e. The summed E-state index contributed by atoms with van der Waals surface area (Å²) in [5.41, 5.74) is -1.17. The number of hydrogen-bond donors (Lipinski definition) is 0. The highest BCUT2D eigenvalue weighted by Crippen LogP contribution is 2.31. The summed E-state index contributed by atoms with van der Waals surface area (Å²) < 4.78 is 37.1. The van der Waals surface area contributed by atoms with E-state index in [1.54, 1.807) is 13.8 Å². The predicted octanol–water partition coefficient (Wildman–Crippen LogP) is 3.68. The molecule has 0 aliphatic carbocycles. The molecule has 0 saturated heterocycles. The summed E-state index contributed by atoms with van der Waals surface area (Å²) in [7, 11) is 0. The van der Waals surface area contributed by atoms with Crippen molar-refractivity contribution in [3.63, 3.8) is 0 Å². The molecule has 0 amide bonds. The Morgan fingerprint density at radius 2 is 1.59 bits per heavy atom. The fraction of sp³-hybridized carbons (Fsp3) is 0.500. The Balaban J connectivity index is 2.87. The second-order valence-corrected chi connectivity index (χ2v) is 5.45. The van der Waals surface area contributed by atoms with Gasteiger partial charge in [-0.15, -0.1) is 0 Å². The maximum atomic E-state index is 13.8. The lowest BCUT2D eigenvalue weighted by atomic mass is 9.91. The van der Waals surface area contributed by atoms with Crippen molar-refractivity contribution in [2.75, 3.05) is 6.61 Å². The van der Waals surface area contributed by atoms with Gasteiger partial charge >= 0.3 is 17.9 Å². The van der Waals surface area contributed by atoms with Gasteiger partial charge in [0, 0.05) is 5.56 Å². The summed E-state index contributed by atoms with van der Waals surface area (Å²) in [6, 6.07) is 4.54. The zero-order valence-corrected chi connectivity index (χ0v) is 13.1. The second kappa shape index (κ2) is 6.85. The van der Waals surface area contributed by atoms with Crippen molar-refractivity contribution in [3.8, 4) is 5.75 Å². The molecule has 4 nitrogen and oxygen atoms in total. The predicted molar refractivity (Wildman–Crippen MR) is 76.7 cm³/mol. The molecular weight excluding hydrogens is 294 g/mol. The zero-order valence-electron chi connectivity index (χ0n) is 13.1. The van der Waals surface area contributed by atoms with E-state index in [4.69, 9.17) is 4.74 Å². The summed E-state index contributed by atoms with van der Waals surface area (Å²) in [6.45, 7) is 6.64. The van der Waals surface area contributed by atoms with Crippen LogP contribution >= 0.6 is 0 Å². The number of alkyl halides is 2.